The second-order valence-corrected chi connectivity index (χ2v) is 9.05. The molecule has 0 aliphatic heterocycles. The topological polar surface area (TPSA) is 56.5 Å². The van der Waals surface area contributed by atoms with Gasteiger partial charge in [-0.05, 0) is 34.8 Å². The lowest BCUT2D eigenvalue weighted by atomic mass is 9.87. The van der Waals surface area contributed by atoms with Gasteiger partial charge in [-0.2, -0.15) is 9.50 Å². The Hall–Kier alpha value is -3.25. The SMILES string of the molecule is C=CCOc1ccc(/C=c2\sc3nc(-c4ccc(C(C)(C)C)cc4)nn3c2=O)cc1. The number of ether oxygens (including phenoxy) is 1. The molecule has 0 saturated carbocycles. The Balaban J connectivity index is 1.63. The van der Waals surface area contributed by atoms with E-state index < -0.39 is 0 Å². The first-order valence-electron chi connectivity index (χ1n) is 9.71. The summed E-state index contributed by atoms with van der Waals surface area (Å²) >= 11 is 1.34. The normalized spacial score (nSPS) is 12.4. The van der Waals surface area contributed by atoms with Gasteiger partial charge in [0.15, 0.2) is 5.82 Å². The summed E-state index contributed by atoms with van der Waals surface area (Å²) in [4.78, 5) is 17.9. The van der Waals surface area contributed by atoms with E-state index in [4.69, 9.17) is 4.74 Å². The first kappa shape index (κ1) is 20.0. The molecule has 5 nitrogen and oxygen atoms in total. The van der Waals surface area contributed by atoms with Crippen LogP contribution in [-0.4, -0.2) is 21.2 Å². The van der Waals surface area contributed by atoms with Crippen LogP contribution in [-0.2, 0) is 5.41 Å². The van der Waals surface area contributed by atoms with E-state index in [0.717, 1.165) is 16.9 Å². The van der Waals surface area contributed by atoms with Gasteiger partial charge in [0.1, 0.15) is 12.4 Å². The minimum atomic E-state index is -0.160. The third kappa shape index (κ3) is 4.04. The molecule has 2 aromatic heterocycles. The molecule has 30 heavy (non-hydrogen) atoms. The van der Waals surface area contributed by atoms with Crippen LogP contribution in [0.1, 0.15) is 31.9 Å². The van der Waals surface area contributed by atoms with Crippen molar-refractivity contribution in [3.63, 3.8) is 0 Å². The van der Waals surface area contributed by atoms with Crippen LogP contribution < -0.4 is 14.8 Å². The Bertz CT molecular complexity index is 1290. The van der Waals surface area contributed by atoms with Gasteiger partial charge in [-0.1, -0.05) is 81.2 Å². The van der Waals surface area contributed by atoms with Crippen LogP contribution in [0.5, 0.6) is 5.75 Å². The zero-order valence-corrected chi connectivity index (χ0v) is 18.1. The monoisotopic (exact) mass is 417 g/mol. The number of rotatable bonds is 5. The van der Waals surface area contributed by atoms with E-state index in [-0.39, 0.29) is 11.0 Å². The van der Waals surface area contributed by atoms with E-state index in [1.54, 1.807) is 6.08 Å². The van der Waals surface area contributed by atoms with Crippen LogP contribution in [0.3, 0.4) is 0 Å². The minimum Gasteiger partial charge on any atom is -0.490 e. The number of benzene rings is 2. The van der Waals surface area contributed by atoms with E-state index in [1.807, 2.05) is 42.5 Å². The van der Waals surface area contributed by atoms with Crippen LogP contribution >= 0.6 is 11.3 Å². The zero-order chi connectivity index (χ0) is 21.3. The number of nitrogens with zero attached hydrogens (tertiary/aromatic N) is 3. The number of thiazole rings is 1. The predicted molar refractivity (Wildman–Crippen MR) is 122 cm³/mol. The van der Waals surface area contributed by atoms with Gasteiger partial charge < -0.3 is 4.74 Å². The van der Waals surface area contributed by atoms with Crippen molar-refractivity contribution in [3.8, 4) is 17.1 Å². The maximum Gasteiger partial charge on any atom is 0.291 e. The van der Waals surface area contributed by atoms with Crippen molar-refractivity contribution in [2.75, 3.05) is 6.61 Å². The van der Waals surface area contributed by atoms with Gasteiger partial charge in [0.2, 0.25) is 4.96 Å². The first-order valence-corrected chi connectivity index (χ1v) is 10.5. The summed E-state index contributed by atoms with van der Waals surface area (Å²) < 4.78 is 7.46. The van der Waals surface area contributed by atoms with Crippen molar-refractivity contribution in [1.29, 1.82) is 0 Å². The highest BCUT2D eigenvalue weighted by atomic mass is 32.1. The molecular weight excluding hydrogens is 394 g/mol. The summed E-state index contributed by atoms with van der Waals surface area (Å²) in [7, 11) is 0. The maximum absolute atomic E-state index is 12.8. The molecule has 152 valence electrons. The third-order valence-electron chi connectivity index (χ3n) is 4.74. The molecule has 0 atom stereocenters. The first-order chi connectivity index (χ1) is 14.3. The summed E-state index contributed by atoms with van der Waals surface area (Å²) in [5.74, 6) is 1.33. The molecule has 0 saturated heterocycles. The third-order valence-corrected chi connectivity index (χ3v) is 5.70. The van der Waals surface area contributed by atoms with Gasteiger partial charge in [-0.3, -0.25) is 4.79 Å². The Morgan fingerprint density at radius 1 is 1.10 bits per heavy atom. The van der Waals surface area contributed by atoms with Crippen LogP contribution in [0, 0.1) is 0 Å². The predicted octanol–water partition coefficient (Wildman–Crippen LogP) is 4.23. The van der Waals surface area contributed by atoms with Crippen molar-refractivity contribution >= 4 is 22.4 Å². The number of hydrogen-bond acceptors (Lipinski definition) is 5. The highest BCUT2D eigenvalue weighted by molar-refractivity contribution is 7.15. The van der Waals surface area contributed by atoms with Gasteiger partial charge in [-0.15, -0.1) is 5.10 Å². The summed E-state index contributed by atoms with van der Waals surface area (Å²) in [5.41, 5.74) is 2.99. The van der Waals surface area contributed by atoms with Gasteiger partial charge in [0.25, 0.3) is 5.56 Å². The molecule has 4 aromatic rings. The number of fused-ring (bicyclic) bond motifs is 1. The van der Waals surface area contributed by atoms with Gasteiger partial charge >= 0.3 is 0 Å². The molecule has 4 rings (SSSR count). The second kappa shape index (κ2) is 7.88. The summed E-state index contributed by atoms with van der Waals surface area (Å²) in [6, 6.07) is 15.8. The van der Waals surface area contributed by atoms with Crippen LogP contribution in [0.2, 0.25) is 0 Å². The quantitative estimate of drug-likeness (QED) is 0.456. The average molecular weight is 418 g/mol. The molecule has 0 fully saturated rings. The van der Waals surface area contributed by atoms with E-state index in [1.165, 1.54) is 21.4 Å². The lowest BCUT2D eigenvalue weighted by Crippen LogP contribution is -2.23. The summed E-state index contributed by atoms with van der Waals surface area (Å²) in [6.45, 7) is 10.6. The van der Waals surface area contributed by atoms with E-state index in [9.17, 15) is 4.79 Å². The average Bonchev–Trinajstić information content (AvgIpc) is 3.27. The molecule has 0 aliphatic carbocycles. The van der Waals surface area contributed by atoms with E-state index >= 15 is 0 Å². The standard InChI is InChI=1S/C24H23N3O2S/c1-5-14-29-19-12-6-16(7-13-19)15-20-22(28)27-23(30-20)25-21(26-27)17-8-10-18(11-9-17)24(2,3)4/h5-13,15H,1,14H2,2-4H3/b20-15-. The molecule has 0 bridgehead atoms. The molecule has 0 N–H and O–H groups in total. The highest BCUT2D eigenvalue weighted by Crippen LogP contribution is 2.25. The Morgan fingerprint density at radius 2 is 1.80 bits per heavy atom. The van der Waals surface area contributed by atoms with E-state index in [0.29, 0.717) is 21.9 Å². The molecule has 0 aliphatic rings. The van der Waals surface area contributed by atoms with Crippen LogP contribution in [0.4, 0.5) is 0 Å². The van der Waals surface area contributed by atoms with E-state index in [2.05, 4.69) is 49.6 Å². The lowest BCUT2D eigenvalue weighted by Gasteiger charge is -2.18. The Labute approximate surface area is 179 Å². The second-order valence-electron chi connectivity index (χ2n) is 8.04. The largest absolute Gasteiger partial charge is 0.490 e. The molecular formula is C24H23N3O2S. The fourth-order valence-electron chi connectivity index (χ4n) is 3.04. The van der Waals surface area contributed by atoms with Crippen LogP contribution in [0.15, 0.2) is 66.0 Å². The molecule has 0 unspecified atom stereocenters. The fourth-order valence-corrected chi connectivity index (χ4v) is 3.95. The molecule has 0 amide bonds. The summed E-state index contributed by atoms with van der Waals surface area (Å²) in [6.07, 6.45) is 3.55. The Morgan fingerprint density at radius 3 is 2.40 bits per heavy atom. The van der Waals surface area contributed by atoms with Crippen molar-refractivity contribution in [1.82, 2.24) is 14.6 Å². The van der Waals surface area contributed by atoms with Crippen molar-refractivity contribution < 1.29 is 4.74 Å². The zero-order valence-electron chi connectivity index (χ0n) is 17.3. The summed E-state index contributed by atoms with van der Waals surface area (Å²) in [5, 5.41) is 4.44. The molecule has 0 spiro atoms. The molecule has 6 heteroatoms. The van der Waals surface area contributed by atoms with Crippen molar-refractivity contribution in [2.24, 2.45) is 0 Å². The highest BCUT2D eigenvalue weighted by Gasteiger charge is 2.15. The van der Waals surface area contributed by atoms with Gasteiger partial charge in [0, 0.05) is 5.56 Å². The molecule has 0 radical (unpaired) electrons. The van der Waals surface area contributed by atoms with Gasteiger partial charge in [-0.25, -0.2) is 0 Å². The lowest BCUT2D eigenvalue weighted by molar-refractivity contribution is 0.363. The van der Waals surface area contributed by atoms with Crippen molar-refractivity contribution in [2.45, 2.75) is 26.2 Å². The molecule has 2 heterocycles. The smallest absolute Gasteiger partial charge is 0.291 e. The minimum absolute atomic E-state index is 0.0867. The van der Waals surface area contributed by atoms with Crippen LogP contribution in [0.25, 0.3) is 22.4 Å². The molecule has 2 aromatic carbocycles. The maximum atomic E-state index is 12.8. The van der Waals surface area contributed by atoms with Crippen molar-refractivity contribution in [3.05, 3.63) is 87.2 Å². The van der Waals surface area contributed by atoms with Gasteiger partial charge in [0.05, 0.1) is 4.53 Å². The number of hydrogen-bond donors (Lipinski definition) is 0. The number of aromatic nitrogens is 3. The Kier molecular flexibility index (Phi) is 5.26. The fraction of sp³-hybridized carbons (Fsp3) is 0.208.